The van der Waals surface area contributed by atoms with Crippen molar-refractivity contribution >= 4 is 28.5 Å². The van der Waals surface area contributed by atoms with Crippen molar-refractivity contribution in [3.8, 4) is 0 Å². The summed E-state index contributed by atoms with van der Waals surface area (Å²) in [6.07, 6.45) is 2.25. The number of aromatic nitrogens is 6. The lowest BCUT2D eigenvalue weighted by atomic mass is 10.2. The summed E-state index contributed by atoms with van der Waals surface area (Å²) in [6.45, 7) is 8.10. The van der Waals surface area contributed by atoms with Gasteiger partial charge in [0, 0.05) is 59.8 Å². The highest BCUT2D eigenvalue weighted by Crippen LogP contribution is 2.22. The van der Waals surface area contributed by atoms with Crippen LogP contribution in [0.25, 0.3) is 11.2 Å². The minimum atomic E-state index is -0.348. The van der Waals surface area contributed by atoms with Crippen molar-refractivity contribution in [2.45, 2.75) is 26.8 Å². The largest absolute Gasteiger partial charge is 0.366 e. The normalized spacial score (nSPS) is 15.2. The summed E-state index contributed by atoms with van der Waals surface area (Å²) < 4.78 is 3.92. The smallest absolute Gasteiger partial charge is 0.332 e. The number of halogens is 1. The molecule has 4 rings (SSSR count). The number of hydrogen-bond donors (Lipinski definition) is 1. The number of H-pyrrole nitrogens is 1. The standard InChI is InChI=1S/C21H29ClN8O3/c1-13(2)12-30-20(32)17-18(26(3)21(30)33)25-15(24-17)5-6-28-7-9-29(10-8-28)14-11-23-27(4)19(31)16(14)22/h11,13H,5-10,12H2,1-4H3,(H,24,25). The van der Waals surface area contributed by atoms with Crippen molar-refractivity contribution < 1.29 is 0 Å². The van der Waals surface area contributed by atoms with Crippen molar-refractivity contribution in [3.05, 3.63) is 48.2 Å². The van der Waals surface area contributed by atoms with Crippen LogP contribution in [0.5, 0.6) is 0 Å². The summed E-state index contributed by atoms with van der Waals surface area (Å²) >= 11 is 6.23. The second-order valence-corrected chi connectivity index (χ2v) is 9.26. The maximum absolute atomic E-state index is 12.8. The van der Waals surface area contributed by atoms with Gasteiger partial charge in [-0.1, -0.05) is 25.4 Å². The lowest BCUT2D eigenvalue weighted by Gasteiger charge is -2.36. The lowest BCUT2D eigenvalue weighted by Crippen LogP contribution is -2.47. The Kier molecular flexibility index (Phi) is 6.44. The maximum Gasteiger partial charge on any atom is 0.332 e. The highest BCUT2D eigenvalue weighted by Gasteiger charge is 2.22. The lowest BCUT2D eigenvalue weighted by molar-refractivity contribution is 0.259. The third kappa shape index (κ3) is 4.47. The predicted octanol–water partition coefficient (Wildman–Crippen LogP) is 0.191. The van der Waals surface area contributed by atoms with E-state index in [0.717, 1.165) is 32.7 Å². The molecule has 0 unspecified atom stereocenters. The monoisotopic (exact) mass is 476 g/mol. The minimum absolute atomic E-state index is 0.179. The molecule has 0 bridgehead atoms. The SMILES string of the molecule is CC(C)Cn1c(=O)c2[nH]c(CCN3CCN(c4cnn(C)c(=O)c4Cl)CC3)nc2n(C)c1=O. The number of nitrogens with one attached hydrogen (secondary N) is 1. The summed E-state index contributed by atoms with van der Waals surface area (Å²) in [4.78, 5) is 49.5. The molecule has 1 saturated heterocycles. The molecule has 0 atom stereocenters. The van der Waals surface area contributed by atoms with Crippen molar-refractivity contribution in [2.75, 3.05) is 37.6 Å². The van der Waals surface area contributed by atoms with E-state index < -0.39 is 0 Å². The number of piperazine rings is 1. The van der Waals surface area contributed by atoms with E-state index in [1.165, 1.54) is 13.8 Å². The Labute approximate surface area is 195 Å². The van der Waals surface area contributed by atoms with Gasteiger partial charge < -0.3 is 9.88 Å². The van der Waals surface area contributed by atoms with Crippen molar-refractivity contribution in [2.24, 2.45) is 20.0 Å². The van der Waals surface area contributed by atoms with Gasteiger partial charge in [-0.05, 0) is 5.92 Å². The van der Waals surface area contributed by atoms with Crippen LogP contribution in [0.3, 0.4) is 0 Å². The zero-order chi connectivity index (χ0) is 23.9. The molecule has 1 N–H and O–H groups in total. The molecule has 178 valence electrons. The third-order valence-electron chi connectivity index (χ3n) is 6.01. The minimum Gasteiger partial charge on any atom is -0.366 e. The van der Waals surface area contributed by atoms with E-state index in [1.54, 1.807) is 20.3 Å². The average Bonchev–Trinajstić information content (AvgIpc) is 3.23. The fraction of sp³-hybridized carbons (Fsp3) is 0.571. The Morgan fingerprint density at radius 1 is 1.09 bits per heavy atom. The Morgan fingerprint density at radius 2 is 1.79 bits per heavy atom. The predicted molar refractivity (Wildman–Crippen MR) is 127 cm³/mol. The van der Waals surface area contributed by atoms with Gasteiger partial charge in [-0.15, -0.1) is 0 Å². The number of anilines is 1. The van der Waals surface area contributed by atoms with Gasteiger partial charge in [0.25, 0.3) is 11.1 Å². The van der Waals surface area contributed by atoms with Crippen LogP contribution in [0.15, 0.2) is 20.6 Å². The van der Waals surface area contributed by atoms with Crippen molar-refractivity contribution in [3.63, 3.8) is 0 Å². The molecule has 4 heterocycles. The maximum atomic E-state index is 12.8. The molecule has 11 nitrogen and oxygen atoms in total. The number of hydrogen-bond acceptors (Lipinski definition) is 7. The van der Waals surface area contributed by atoms with Gasteiger partial charge in [0.15, 0.2) is 5.65 Å². The van der Waals surface area contributed by atoms with E-state index in [2.05, 4.69) is 24.9 Å². The number of aryl methyl sites for hydroxylation is 2. The summed E-state index contributed by atoms with van der Waals surface area (Å²) in [6, 6.07) is 0. The molecule has 1 aliphatic rings. The number of rotatable bonds is 6. The summed E-state index contributed by atoms with van der Waals surface area (Å²) in [7, 11) is 3.22. The highest BCUT2D eigenvalue weighted by atomic mass is 35.5. The van der Waals surface area contributed by atoms with Crippen LogP contribution in [0.4, 0.5) is 5.69 Å². The molecule has 33 heavy (non-hydrogen) atoms. The van der Waals surface area contributed by atoms with Crippen molar-refractivity contribution in [1.82, 2.24) is 33.8 Å². The number of aromatic amines is 1. The van der Waals surface area contributed by atoms with Gasteiger partial charge in [0.1, 0.15) is 16.4 Å². The van der Waals surface area contributed by atoms with Crippen LogP contribution in [0.2, 0.25) is 5.02 Å². The van der Waals surface area contributed by atoms with Crippen LogP contribution in [-0.4, -0.2) is 66.5 Å². The van der Waals surface area contributed by atoms with Crippen LogP contribution in [-0.2, 0) is 27.1 Å². The summed E-state index contributed by atoms with van der Waals surface area (Å²) in [5, 5.41) is 4.26. The van der Waals surface area contributed by atoms with Crippen molar-refractivity contribution in [1.29, 1.82) is 0 Å². The number of fused-ring (bicyclic) bond motifs is 1. The number of nitrogens with zero attached hydrogens (tertiary/aromatic N) is 7. The van der Waals surface area contributed by atoms with E-state index in [-0.39, 0.29) is 27.7 Å². The fourth-order valence-electron chi connectivity index (χ4n) is 4.14. The quantitative estimate of drug-likeness (QED) is 0.540. The first-order chi connectivity index (χ1) is 15.7. The second kappa shape index (κ2) is 9.14. The van der Waals surface area contributed by atoms with Crippen LogP contribution >= 0.6 is 11.6 Å². The zero-order valence-electron chi connectivity index (χ0n) is 19.3. The van der Waals surface area contributed by atoms with E-state index in [9.17, 15) is 14.4 Å². The topological polar surface area (TPSA) is 114 Å². The fourth-order valence-corrected chi connectivity index (χ4v) is 4.43. The van der Waals surface area contributed by atoms with Crippen LogP contribution < -0.4 is 21.7 Å². The molecule has 0 aliphatic carbocycles. The second-order valence-electron chi connectivity index (χ2n) is 8.88. The molecule has 0 spiro atoms. The van der Waals surface area contributed by atoms with E-state index >= 15 is 0 Å². The first kappa shape index (κ1) is 23.2. The molecule has 0 saturated carbocycles. The first-order valence-corrected chi connectivity index (χ1v) is 11.4. The molecular weight excluding hydrogens is 448 g/mol. The molecule has 3 aromatic rings. The van der Waals surface area contributed by atoms with Gasteiger partial charge >= 0.3 is 5.69 Å². The van der Waals surface area contributed by atoms with Gasteiger partial charge in [0.2, 0.25) is 0 Å². The molecule has 12 heteroatoms. The zero-order valence-corrected chi connectivity index (χ0v) is 20.1. The summed E-state index contributed by atoms with van der Waals surface area (Å²) in [5.41, 5.74) is 0.439. The summed E-state index contributed by atoms with van der Waals surface area (Å²) in [5.74, 6) is 0.860. The Bertz CT molecular complexity index is 1340. The van der Waals surface area contributed by atoms with E-state index in [0.29, 0.717) is 35.6 Å². The average molecular weight is 477 g/mol. The van der Waals surface area contributed by atoms with Gasteiger partial charge in [-0.2, -0.15) is 5.10 Å². The molecular formula is C21H29ClN8O3. The Morgan fingerprint density at radius 3 is 2.45 bits per heavy atom. The van der Waals surface area contributed by atoms with Gasteiger partial charge in [-0.25, -0.2) is 14.5 Å². The van der Waals surface area contributed by atoms with Gasteiger partial charge in [0.05, 0.1) is 11.9 Å². The Balaban J connectivity index is 1.44. The van der Waals surface area contributed by atoms with Gasteiger partial charge in [-0.3, -0.25) is 23.6 Å². The molecule has 1 aliphatic heterocycles. The van der Waals surface area contributed by atoms with E-state index in [4.69, 9.17) is 11.6 Å². The highest BCUT2D eigenvalue weighted by molar-refractivity contribution is 6.33. The molecule has 3 aromatic heterocycles. The van der Waals surface area contributed by atoms with Crippen LogP contribution in [0, 0.1) is 5.92 Å². The third-order valence-corrected chi connectivity index (χ3v) is 6.37. The number of imidazole rings is 1. The Hall–Kier alpha value is -2.92. The molecule has 0 aromatic carbocycles. The van der Waals surface area contributed by atoms with E-state index in [1.807, 2.05) is 13.8 Å². The molecule has 0 amide bonds. The molecule has 1 fully saturated rings. The molecule has 0 radical (unpaired) electrons. The van der Waals surface area contributed by atoms with Crippen LogP contribution in [0.1, 0.15) is 19.7 Å². The first-order valence-electron chi connectivity index (χ1n) is 11.0.